The van der Waals surface area contributed by atoms with Gasteiger partial charge in [-0.05, 0) is 32.4 Å². The maximum absolute atomic E-state index is 12.6. The zero-order valence-electron chi connectivity index (χ0n) is 12.0. The molecule has 2 aliphatic rings. The second kappa shape index (κ2) is 8.12. The minimum atomic E-state index is 0.355. The molecule has 5 heteroatoms. The van der Waals surface area contributed by atoms with E-state index in [4.69, 9.17) is 0 Å². The highest BCUT2D eigenvalue weighted by Gasteiger charge is 2.26. The zero-order chi connectivity index (χ0) is 13.5. The van der Waals surface area contributed by atoms with Gasteiger partial charge in [-0.3, -0.25) is 4.79 Å². The molecule has 0 aromatic heterocycles. The number of amides is 1. The van der Waals surface area contributed by atoms with Crippen molar-refractivity contribution in [1.82, 2.24) is 15.5 Å². The summed E-state index contributed by atoms with van der Waals surface area (Å²) in [4.78, 5) is 14.7. The van der Waals surface area contributed by atoms with Crippen LogP contribution in [-0.4, -0.2) is 60.6 Å². The molecule has 0 aromatic carbocycles. The third-order valence-corrected chi connectivity index (χ3v) is 5.08. The molecule has 2 heterocycles. The highest BCUT2D eigenvalue weighted by Crippen LogP contribution is 2.17. The van der Waals surface area contributed by atoms with E-state index in [2.05, 4.69) is 22.5 Å². The molecule has 1 unspecified atom stereocenters. The molecule has 2 N–H and O–H groups in total. The van der Waals surface area contributed by atoms with Gasteiger partial charge in [-0.1, -0.05) is 6.92 Å². The van der Waals surface area contributed by atoms with Crippen LogP contribution in [0.25, 0.3) is 0 Å². The smallest absolute Gasteiger partial charge is 0.224 e. The van der Waals surface area contributed by atoms with Gasteiger partial charge in [0.05, 0.1) is 0 Å². The van der Waals surface area contributed by atoms with Gasteiger partial charge >= 0.3 is 0 Å². The fraction of sp³-hybridized carbons (Fsp3) is 0.929. The van der Waals surface area contributed by atoms with E-state index >= 15 is 0 Å². The first-order valence-corrected chi connectivity index (χ1v) is 8.78. The molecule has 0 spiro atoms. The molecule has 0 aliphatic carbocycles. The maximum atomic E-state index is 12.6. The molecule has 0 bridgehead atoms. The molecule has 2 aliphatic heterocycles. The van der Waals surface area contributed by atoms with E-state index in [0.717, 1.165) is 51.2 Å². The fourth-order valence-corrected chi connectivity index (χ4v) is 3.90. The highest BCUT2D eigenvalue weighted by molar-refractivity contribution is 7.99. The fourth-order valence-electron chi connectivity index (χ4n) is 2.95. The number of rotatable bonds is 5. The zero-order valence-corrected chi connectivity index (χ0v) is 12.8. The molecule has 19 heavy (non-hydrogen) atoms. The van der Waals surface area contributed by atoms with E-state index in [1.807, 2.05) is 11.8 Å². The molecule has 0 saturated carbocycles. The molecule has 0 aromatic rings. The number of piperidine rings is 1. The van der Waals surface area contributed by atoms with Gasteiger partial charge in [0.1, 0.15) is 0 Å². The maximum Gasteiger partial charge on any atom is 0.224 e. The van der Waals surface area contributed by atoms with Gasteiger partial charge in [0, 0.05) is 43.1 Å². The Morgan fingerprint density at radius 2 is 2.11 bits per heavy atom. The van der Waals surface area contributed by atoms with E-state index in [1.165, 1.54) is 5.75 Å². The van der Waals surface area contributed by atoms with E-state index in [1.54, 1.807) is 0 Å². The summed E-state index contributed by atoms with van der Waals surface area (Å²) in [5, 5.41) is 6.85. The van der Waals surface area contributed by atoms with Crippen LogP contribution in [0.4, 0.5) is 0 Å². The number of carbonyl (C=O) groups is 1. The summed E-state index contributed by atoms with van der Waals surface area (Å²) >= 11 is 1.96. The summed E-state index contributed by atoms with van der Waals surface area (Å²) < 4.78 is 0. The predicted octanol–water partition coefficient (Wildman–Crippen LogP) is 1.07. The first kappa shape index (κ1) is 15.1. The standard InChI is InChI=1S/C14H27N3OS/c1-2-8-17(13-3-5-15-6-4-13)14(18)10-12-11-19-9-7-16-12/h12-13,15-16H,2-11H2,1H3. The first-order chi connectivity index (χ1) is 9.31. The van der Waals surface area contributed by atoms with Crippen LogP contribution in [-0.2, 0) is 4.79 Å². The Morgan fingerprint density at radius 1 is 1.32 bits per heavy atom. The van der Waals surface area contributed by atoms with Crippen LogP contribution in [0.5, 0.6) is 0 Å². The number of carbonyl (C=O) groups excluding carboxylic acids is 1. The number of nitrogens with zero attached hydrogens (tertiary/aromatic N) is 1. The molecule has 110 valence electrons. The van der Waals surface area contributed by atoms with Gasteiger partial charge < -0.3 is 15.5 Å². The van der Waals surface area contributed by atoms with Crippen molar-refractivity contribution in [3.63, 3.8) is 0 Å². The van der Waals surface area contributed by atoms with Gasteiger partial charge in [0.2, 0.25) is 5.91 Å². The lowest BCUT2D eigenvalue weighted by Gasteiger charge is -2.36. The van der Waals surface area contributed by atoms with Crippen molar-refractivity contribution < 1.29 is 4.79 Å². The molecule has 2 fully saturated rings. The number of hydrogen-bond donors (Lipinski definition) is 2. The third-order valence-electron chi connectivity index (χ3n) is 3.95. The quantitative estimate of drug-likeness (QED) is 0.793. The summed E-state index contributed by atoms with van der Waals surface area (Å²) in [6, 6.07) is 0.845. The largest absolute Gasteiger partial charge is 0.340 e. The average molecular weight is 285 g/mol. The third kappa shape index (κ3) is 4.65. The van der Waals surface area contributed by atoms with Crippen LogP contribution >= 0.6 is 11.8 Å². The van der Waals surface area contributed by atoms with Crippen molar-refractivity contribution in [3.05, 3.63) is 0 Å². The van der Waals surface area contributed by atoms with E-state index in [-0.39, 0.29) is 0 Å². The second-order valence-electron chi connectivity index (χ2n) is 5.50. The van der Waals surface area contributed by atoms with Gasteiger partial charge in [-0.15, -0.1) is 0 Å². The lowest BCUT2D eigenvalue weighted by Crippen LogP contribution is -2.49. The Balaban J connectivity index is 1.87. The molecule has 0 radical (unpaired) electrons. The van der Waals surface area contributed by atoms with Crippen LogP contribution in [0.2, 0.25) is 0 Å². The molecule has 1 atom stereocenters. The molecule has 1 amide bonds. The van der Waals surface area contributed by atoms with Crippen LogP contribution in [0, 0.1) is 0 Å². The molecular formula is C14H27N3OS. The normalized spacial score (nSPS) is 25.2. The van der Waals surface area contributed by atoms with Crippen molar-refractivity contribution in [3.8, 4) is 0 Å². The van der Waals surface area contributed by atoms with Crippen molar-refractivity contribution in [2.75, 3.05) is 37.7 Å². The summed E-state index contributed by atoms with van der Waals surface area (Å²) in [7, 11) is 0. The molecular weight excluding hydrogens is 258 g/mol. The number of nitrogens with one attached hydrogen (secondary N) is 2. The Kier molecular flexibility index (Phi) is 6.47. The van der Waals surface area contributed by atoms with E-state index < -0.39 is 0 Å². The summed E-state index contributed by atoms with van der Waals surface area (Å²) in [5.41, 5.74) is 0. The van der Waals surface area contributed by atoms with Crippen molar-refractivity contribution in [2.24, 2.45) is 0 Å². The number of thioether (sulfide) groups is 1. The highest BCUT2D eigenvalue weighted by atomic mass is 32.2. The molecule has 4 nitrogen and oxygen atoms in total. The van der Waals surface area contributed by atoms with Crippen molar-refractivity contribution >= 4 is 17.7 Å². The lowest BCUT2D eigenvalue weighted by atomic mass is 10.0. The average Bonchev–Trinajstić information content (AvgIpc) is 2.46. The van der Waals surface area contributed by atoms with E-state index in [9.17, 15) is 4.79 Å². The minimum absolute atomic E-state index is 0.355. The SMILES string of the molecule is CCCN(C(=O)CC1CSCCN1)C1CCNCC1. The Hall–Kier alpha value is -0.260. The summed E-state index contributed by atoms with van der Waals surface area (Å²) in [6.45, 7) is 6.23. The van der Waals surface area contributed by atoms with Crippen LogP contribution < -0.4 is 10.6 Å². The summed E-state index contributed by atoms with van der Waals surface area (Å²) in [5.74, 6) is 2.61. The second-order valence-corrected chi connectivity index (χ2v) is 6.65. The van der Waals surface area contributed by atoms with Gasteiger partial charge in [0.25, 0.3) is 0 Å². The monoisotopic (exact) mass is 285 g/mol. The van der Waals surface area contributed by atoms with E-state index in [0.29, 0.717) is 24.4 Å². The van der Waals surface area contributed by atoms with Crippen molar-refractivity contribution in [2.45, 2.75) is 44.7 Å². The van der Waals surface area contributed by atoms with Gasteiger partial charge in [0.15, 0.2) is 0 Å². The Labute approximate surface area is 121 Å². The Bertz CT molecular complexity index is 276. The Morgan fingerprint density at radius 3 is 2.74 bits per heavy atom. The van der Waals surface area contributed by atoms with Gasteiger partial charge in [-0.25, -0.2) is 0 Å². The first-order valence-electron chi connectivity index (χ1n) is 7.62. The van der Waals surface area contributed by atoms with Crippen molar-refractivity contribution in [1.29, 1.82) is 0 Å². The molecule has 2 saturated heterocycles. The summed E-state index contributed by atoms with van der Waals surface area (Å²) in [6.07, 6.45) is 3.95. The predicted molar refractivity (Wildman–Crippen MR) is 81.6 cm³/mol. The van der Waals surface area contributed by atoms with Crippen LogP contribution in [0.3, 0.4) is 0 Å². The van der Waals surface area contributed by atoms with Crippen LogP contribution in [0.15, 0.2) is 0 Å². The minimum Gasteiger partial charge on any atom is -0.340 e. The molecule has 2 rings (SSSR count). The lowest BCUT2D eigenvalue weighted by molar-refractivity contribution is -0.134. The topological polar surface area (TPSA) is 44.4 Å². The van der Waals surface area contributed by atoms with Crippen LogP contribution in [0.1, 0.15) is 32.6 Å². The van der Waals surface area contributed by atoms with Gasteiger partial charge in [-0.2, -0.15) is 11.8 Å². The number of hydrogen-bond acceptors (Lipinski definition) is 4.